The number of H-pyrrole nitrogens is 1. The summed E-state index contributed by atoms with van der Waals surface area (Å²) in [5.74, 6) is -1.44. The topological polar surface area (TPSA) is 91.7 Å². The van der Waals surface area contributed by atoms with Crippen molar-refractivity contribution in [2.45, 2.75) is 40.0 Å². The van der Waals surface area contributed by atoms with Crippen LogP contribution in [0.3, 0.4) is 0 Å². The third-order valence-electron chi connectivity index (χ3n) is 7.27. The number of hydrogen-bond donors (Lipinski definition) is 2. The van der Waals surface area contributed by atoms with Crippen LogP contribution in [-0.4, -0.2) is 34.9 Å². The highest BCUT2D eigenvalue weighted by Crippen LogP contribution is 2.42. The van der Waals surface area contributed by atoms with Crippen LogP contribution < -0.4 is 0 Å². The zero-order chi connectivity index (χ0) is 25.6. The lowest BCUT2D eigenvalue weighted by Gasteiger charge is -2.16. The van der Waals surface area contributed by atoms with Gasteiger partial charge in [-0.1, -0.05) is 43.3 Å². The number of aromatic carboxylic acids is 1. The van der Waals surface area contributed by atoms with Crippen molar-refractivity contribution in [3.8, 4) is 11.3 Å². The first-order valence-electron chi connectivity index (χ1n) is 12.1. The van der Waals surface area contributed by atoms with Crippen LogP contribution in [0.4, 0.5) is 0 Å². The summed E-state index contributed by atoms with van der Waals surface area (Å²) in [6.45, 7) is 6.09. The number of carbonyl (C=O) groups is 2. The Bertz CT molecular complexity index is 1500. The Labute approximate surface area is 210 Å². The molecule has 1 aromatic heterocycles. The Morgan fingerprint density at radius 3 is 2.39 bits per heavy atom. The van der Waals surface area contributed by atoms with Gasteiger partial charge >= 0.3 is 11.9 Å². The van der Waals surface area contributed by atoms with Gasteiger partial charge in [-0.25, -0.2) is 14.6 Å². The smallest absolute Gasteiger partial charge is 0.356 e. The van der Waals surface area contributed by atoms with E-state index in [-0.39, 0.29) is 5.56 Å². The molecule has 6 heteroatoms. The van der Waals surface area contributed by atoms with Gasteiger partial charge in [0.15, 0.2) is 5.71 Å². The number of aromatic nitrogens is 1. The minimum Gasteiger partial charge on any atom is -0.478 e. The molecule has 2 aliphatic rings. The van der Waals surface area contributed by atoms with E-state index in [1.165, 1.54) is 23.8 Å². The first kappa shape index (κ1) is 23.5. The summed E-state index contributed by atoms with van der Waals surface area (Å²) in [7, 11) is 1.36. The van der Waals surface area contributed by atoms with Crippen molar-refractivity contribution < 1.29 is 19.4 Å². The molecular formula is C30H28N2O4. The molecule has 0 spiro atoms. The maximum absolute atomic E-state index is 12.6. The Kier molecular flexibility index (Phi) is 5.96. The van der Waals surface area contributed by atoms with E-state index < -0.39 is 11.9 Å². The summed E-state index contributed by atoms with van der Waals surface area (Å²) in [6.07, 6.45) is 2.55. The van der Waals surface area contributed by atoms with Crippen LogP contribution in [0, 0.1) is 6.92 Å². The van der Waals surface area contributed by atoms with Gasteiger partial charge in [-0.2, -0.15) is 0 Å². The fraction of sp³-hybridized carbons (Fsp3) is 0.233. The molecule has 0 saturated carbocycles. The van der Waals surface area contributed by atoms with Gasteiger partial charge in [-0.15, -0.1) is 0 Å². The first-order valence-corrected chi connectivity index (χ1v) is 12.1. The van der Waals surface area contributed by atoms with Gasteiger partial charge in [0, 0.05) is 16.8 Å². The number of aliphatic imine (C=N–C) groups is 1. The highest BCUT2D eigenvalue weighted by Gasteiger charge is 2.31. The normalized spacial score (nSPS) is 15.8. The zero-order valence-corrected chi connectivity index (χ0v) is 20.9. The standard InChI is InChI=1S/C30H28N2O4/c1-5-21-16(2)25(32-28(21)30(35)36-4)24(19-10-12-20(13-11-19)29(33)34)26-17(3)22-15-14-18-8-6-7-9-23(18)27(22)31-26/h6-13,31H,5,14-15H2,1-4H3,(H,33,34)/b25-24-. The average molecular weight is 481 g/mol. The summed E-state index contributed by atoms with van der Waals surface area (Å²) in [6, 6.07) is 15.3. The van der Waals surface area contributed by atoms with Crippen molar-refractivity contribution in [2.75, 3.05) is 7.11 Å². The van der Waals surface area contributed by atoms with E-state index in [2.05, 4.69) is 36.2 Å². The van der Waals surface area contributed by atoms with Crippen molar-refractivity contribution in [3.63, 3.8) is 0 Å². The SMILES string of the molecule is CCC1=C(C)/C(=C(\c2ccc(C(=O)O)cc2)c2[nH]c3c(c2C)CCc2ccccc2-3)N=C1C(=O)OC. The number of aromatic amines is 1. The molecule has 0 atom stereocenters. The number of carboxylic acid groups (broad SMARTS) is 1. The quantitative estimate of drug-likeness (QED) is 0.445. The number of carboxylic acids is 1. The van der Waals surface area contributed by atoms with E-state index in [0.717, 1.165) is 52.1 Å². The zero-order valence-electron chi connectivity index (χ0n) is 20.9. The molecule has 2 heterocycles. The van der Waals surface area contributed by atoms with Crippen molar-refractivity contribution in [2.24, 2.45) is 4.99 Å². The molecule has 2 aromatic carbocycles. The summed E-state index contributed by atoms with van der Waals surface area (Å²) in [4.78, 5) is 32.6. The van der Waals surface area contributed by atoms with E-state index >= 15 is 0 Å². The number of nitrogens with zero attached hydrogens (tertiary/aromatic N) is 1. The van der Waals surface area contributed by atoms with E-state index in [0.29, 0.717) is 17.8 Å². The predicted molar refractivity (Wildman–Crippen MR) is 140 cm³/mol. The van der Waals surface area contributed by atoms with E-state index in [9.17, 15) is 14.7 Å². The molecule has 0 bridgehead atoms. The van der Waals surface area contributed by atoms with Crippen molar-refractivity contribution in [3.05, 3.63) is 98.9 Å². The average Bonchev–Trinajstić information content (AvgIpc) is 3.41. The lowest BCUT2D eigenvalue weighted by atomic mass is 9.87. The summed E-state index contributed by atoms with van der Waals surface area (Å²) < 4.78 is 5.03. The second-order valence-electron chi connectivity index (χ2n) is 9.15. The van der Waals surface area contributed by atoms with Crippen LogP contribution >= 0.6 is 0 Å². The van der Waals surface area contributed by atoms with E-state index in [1.54, 1.807) is 12.1 Å². The number of ether oxygens (including phenoxy) is 1. The van der Waals surface area contributed by atoms with Crippen LogP contribution in [0.15, 0.2) is 70.4 Å². The highest BCUT2D eigenvalue weighted by molar-refractivity contribution is 6.44. The Morgan fingerprint density at radius 1 is 1.03 bits per heavy atom. The third kappa shape index (κ3) is 3.70. The molecule has 182 valence electrons. The number of carbonyl (C=O) groups excluding carboxylic acids is 1. The number of aryl methyl sites for hydroxylation is 1. The molecule has 36 heavy (non-hydrogen) atoms. The van der Waals surface area contributed by atoms with Crippen LogP contribution in [0.2, 0.25) is 0 Å². The van der Waals surface area contributed by atoms with Gasteiger partial charge in [0.25, 0.3) is 0 Å². The van der Waals surface area contributed by atoms with Gasteiger partial charge in [0.05, 0.1) is 24.1 Å². The largest absolute Gasteiger partial charge is 0.478 e. The lowest BCUT2D eigenvalue weighted by Crippen LogP contribution is -2.16. The number of benzene rings is 2. The Balaban J connectivity index is 1.80. The Hall–Kier alpha value is -4.19. The van der Waals surface area contributed by atoms with Crippen LogP contribution in [0.25, 0.3) is 16.8 Å². The van der Waals surface area contributed by atoms with Crippen molar-refractivity contribution in [1.82, 2.24) is 4.98 Å². The molecule has 1 aliphatic carbocycles. The fourth-order valence-electron chi connectivity index (χ4n) is 5.37. The molecule has 6 nitrogen and oxygen atoms in total. The number of allylic oxidation sites excluding steroid dienone is 1. The van der Waals surface area contributed by atoms with Crippen LogP contribution in [0.5, 0.6) is 0 Å². The molecule has 2 N–H and O–H groups in total. The molecule has 1 aliphatic heterocycles. The monoisotopic (exact) mass is 480 g/mol. The maximum Gasteiger partial charge on any atom is 0.356 e. The third-order valence-corrected chi connectivity index (χ3v) is 7.27. The fourth-order valence-corrected chi connectivity index (χ4v) is 5.37. The van der Waals surface area contributed by atoms with Gasteiger partial charge in [-0.05, 0) is 78.6 Å². The second kappa shape index (κ2) is 9.11. The molecule has 0 fully saturated rings. The van der Waals surface area contributed by atoms with Gasteiger partial charge in [0.2, 0.25) is 0 Å². The molecule has 0 amide bonds. The maximum atomic E-state index is 12.6. The minimum absolute atomic E-state index is 0.214. The highest BCUT2D eigenvalue weighted by atomic mass is 16.5. The van der Waals surface area contributed by atoms with Crippen LogP contribution in [-0.2, 0) is 22.4 Å². The van der Waals surface area contributed by atoms with Crippen LogP contribution in [0.1, 0.15) is 58.6 Å². The number of fused-ring (bicyclic) bond motifs is 3. The summed E-state index contributed by atoms with van der Waals surface area (Å²) in [5, 5.41) is 9.42. The number of hydrogen-bond acceptors (Lipinski definition) is 4. The molecular weight excluding hydrogens is 452 g/mol. The van der Waals surface area contributed by atoms with E-state index in [1.807, 2.05) is 26.0 Å². The first-order chi connectivity index (χ1) is 17.3. The molecule has 0 radical (unpaired) electrons. The molecule has 0 saturated heterocycles. The van der Waals surface area contributed by atoms with Crippen molar-refractivity contribution >= 4 is 23.2 Å². The minimum atomic E-state index is -0.977. The predicted octanol–water partition coefficient (Wildman–Crippen LogP) is 5.90. The molecule has 3 aromatic rings. The van der Waals surface area contributed by atoms with E-state index in [4.69, 9.17) is 9.73 Å². The molecule has 5 rings (SSSR count). The lowest BCUT2D eigenvalue weighted by molar-refractivity contribution is -0.132. The molecule has 0 unspecified atom stereocenters. The second-order valence-corrected chi connectivity index (χ2v) is 9.15. The Morgan fingerprint density at radius 2 is 1.72 bits per heavy atom. The summed E-state index contributed by atoms with van der Waals surface area (Å²) >= 11 is 0. The number of methoxy groups -OCH3 is 1. The van der Waals surface area contributed by atoms with Gasteiger partial charge in [-0.3, -0.25) is 0 Å². The number of rotatable bonds is 5. The van der Waals surface area contributed by atoms with Crippen molar-refractivity contribution in [1.29, 1.82) is 0 Å². The van der Waals surface area contributed by atoms with Gasteiger partial charge < -0.3 is 14.8 Å². The number of nitrogens with one attached hydrogen (secondary N) is 1. The number of esters is 1. The summed E-state index contributed by atoms with van der Waals surface area (Å²) in [5.41, 5.74) is 11.7. The van der Waals surface area contributed by atoms with Gasteiger partial charge in [0.1, 0.15) is 0 Å².